The van der Waals surface area contributed by atoms with E-state index in [1.165, 1.54) is 4.90 Å². The highest BCUT2D eigenvalue weighted by Crippen LogP contribution is 2.37. The Morgan fingerprint density at radius 2 is 1.90 bits per heavy atom. The number of thiocarbonyl (C=S) groups is 1. The van der Waals surface area contributed by atoms with Crippen LogP contribution in [-0.2, 0) is 9.59 Å². The lowest BCUT2D eigenvalue weighted by Gasteiger charge is -2.19. The minimum absolute atomic E-state index is 0.152. The fourth-order valence-electron chi connectivity index (χ4n) is 2.79. The van der Waals surface area contributed by atoms with Gasteiger partial charge in [-0.1, -0.05) is 30.4 Å². The van der Waals surface area contributed by atoms with Gasteiger partial charge in [0.05, 0.1) is 28.7 Å². The van der Waals surface area contributed by atoms with Crippen molar-refractivity contribution in [2.75, 3.05) is 4.90 Å². The highest BCUT2D eigenvalue weighted by atomic mass is 32.1. The maximum atomic E-state index is 12.5. The van der Waals surface area contributed by atoms with Gasteiger partial charge in [-0.3, -0.25) is 9.59 Å². The fraction of sp³-hybridized carbons (Fsp3) is 0.267. The maximum Gasteiger partial charge on any atom is 0.241 e. The maximum absolute atomic E-state index is 12.5. The Morgan fingerprint density at radius 1 is 1.15 bits per heavy atom. The molecule has 20 heavy (non-hydrogen) atoms. The van der Waals surface area contributed by atoms with Crippen molar-refractivity contribution < 1.29 is 9.59 Å². The summed E-state index contributed by atoms with van der Waals surface area (Å²) >= 11 is 4.59. The molecule has 5 heteroatoms. The Balaban J connectivity index is 1.93. The second-order valence-electron chi connectivity index (χ2n) is 4.89. The van der Waals surface area contributed by atoms with Gasteiger partial charge in [0.2, 0.25) is 11.8 Å². The average molecular weight is 284 g/mol. The SMILES string of the molecule is O=C1[C@H]2C[C@@H](N=C=S)C=C[C@H]2C(=O)N1c1ccccc1. The predicted octanol–water partition coefficient (Wildman–Crippen LogP) is 2.22. The van der Waals surface area contributed by atoms with Crippen LogP contribution in [0.2, 0.25) is 0 Å². The van der Waals surface area contributed by atoms with Crippen LogP contribution in [0, 0.1) is 11.8 Å². The number of hydrogen-bond donors (Lipinski definition) is 0. The third kappa shape index (κ3) is 2.01. The summed E-state index contributed by atoms with van der Waals surface area (Å²) < 4.78 is 0. The third-order valence-corrected chi connectivity index (χ3v) is 3.85. The van der Waals surface area contributed by atoms with Crippen molar-refractivity contribution in [2.24, 2.45) is 16.8 Å². The van der Waals surface area contributed by atoms with E-state index in [2.05, 4.69) is 22.4 Å². The van der Waals surface area contributed by atoms with Crippen LogP contribution in [0.25, 0.3) is 0 Å². The molecule has 1 aromatic rings. The number of carbonyl (C=O) groups is 2. The molecule has 1 aromatic carbocycles. The van der Waals surface area contributed by atoms with Crippen LogP contribution in [0.4, 0.5) is 5.69 Å². The highest BCUT2D eigenvalue weighted by molar-refractivity contribution is 7.78. The number of amides is 2. The van der Waals surface area contributed by atoms with Gasteiger partial charge >= 0.3 is 0 Å². The van der Waals surface area contributed by atoms with Crippen molar-refractivity contribution in [1.82, 2.24) is 0 Å². The van der Waals surface area contributed by atoms with Crippen molar-refractivity contribution in [3.05, 3.63) is 42.5 Å². The van der Waals surface area contributed by atoms with Crippen molar-refractivity contribution in [3.8, 4) is 0 Å². The number of hydrogen-bond acceptors (Lipinski definition) is 4. The molecule has 2 aliphatic rings. The van der Waals surface area contributed by atoms with Crippen molar-refractivity contribution >= 4 is 34.9 Å². The molecule has 2 amide bonds. The summed E-state index contributed by atoms with van der Waals surface area (Å²) in [7, 11) is 0. The predicted molar refractivity (Wildman–Crippen MR) is 78.5 cm³/mol. The molecule has 1 saturated heterocycles. The molecular formula is C15H12N2O2S. The van der Waals surface area contributed by atoms with Gasteiger partial charge in [-0.15, -0.1) is 0 Å². The number of isothiocyanates is 1. The van der Waals surface area contributed by atoms with E-state index in [9.17, 15) is 9.59 Å². The first-order chi connectivity index (χ1) is 9.72. The summed E-state index contributed by atoms with van der Waals surface area (Å²) in [6.07, 6.45) is 4.12. The Morgan fingerprint density at radius 3 is 2.60 bits per heavy atom. The Hall–Kier alpha value is -2.10. The van der Waals surface area contributed by atoms with Crippen molar-refractivity contribution in [2.45, 2.75) is 12.5 Å². The van der Waals surface area contributed by atoms with Crippen LogP contribution < -0.4 is 4.90 Å². The number of para-hydroxylation sites is 1. The Labute approximate surface area is 121 Å². The van der Waals surface area contributed by atoms with E-state index in [-0.39, 0.29) is 29.7 Å². The number of rotatable bonds is 2. The van der Waals surface area contributed by atoms with E-state index >= 15 is 0 Å². The molecule has 1 aliphatic carbocycles. The average Bonchev–Trinajstić information content (AvgIpc) is 2.72. The van der Waals surface area contributed by atoms with Crippen molar-refractivity contribution in [1.29, 1.82) is 0 Å². The lowest BCUT2D eigenvalue weighted by atomic mass is 9.84. The smallest absolute Gasteiger partial charge is 0.241 e. The molecule has 1 aliphatic heterocycles. The van der Waals surface area contributed by atoms with Crippen LogP contribution in [0.1, 0.15) is 6.42 Å². The van der Waals surface area contributed by atoms with E-state index in [1.807, 2.05) is 24.3 Å². The minimum atomic E-state index is -0.376. The topological polar surface area (TPSA) is 49.7 Å². The molecule has 3 atom stereocenters. The first-order valence-corrected chi connectivity index (χ1v) is 6.81. The lowest BCUT2D eigenvalue weighted by Crippen LogP contribution is -2.30. The largest absolute Gasteiger partial charge is 0.274 e. The molecule has 0 unspecified atom stereocenters. The summed E-state index contributed by atoms with van der Waals surface area (Å²) in [4.78, 5) is 30.2. The Bertz CT molecular complexity index is 635. The number of anilines is 1. The van der Waals surface area contributed by atoms with Crippen LogP contribution >= 0.6 is 12.2 Å². The van der Waals surface area contributed by atoms with E-state index in [0.29, 0.717) is 12.1 Å². The number of carbonyl (C=O) groups excluding carboxylic acids is 2. The second-order valence-corrected chi connectivity index (χ2v) is 5.07. The molecule has 0 saturated carbocycles. The number of imide groups is 1. The number of nitrogens with zero attached hydrogens (tertiary/aromatic N) is 2. The molecule has 0 aromatic heterocycles. The van der Waals surface area contributed by atoms with Gasteiger partial charge in [0.25, 0.3) is 0 Å². The molecular weight excluding hydrogens is 272 g/mol. The van der Waals surface area contributed by atoms with Gasteiger partial charge in [0.15, 0.2) is 0 Å². The van der Waals surface area contributed by atoms with Gasteiger partial charge in [-0.25, -0.2) is 9.89 Å². The molecule has 1 heterocycles. The van der Waals surface area contributed by atoms with Crippen molar-refractivity contribution in [3.63, 3.8) is 0 Å². The van der Waals surface area contributed by atoms with Gasteiger partial charge in [-0.2, -0.15) is 0 Å². The van der Waals surface area contributed by atoms with Crippen LogP contribution in [-0.4, -0.2) is 23.0 Å². The summed E-state index contributed by atoms with van der Waals surface area (Å²) in [5.41, 5.74) is 0.625. The zero-order valence-electron chi connectivity index (χ0n) is 10.6. The first-order valence-electron chi connectivity index (χ1n) is 6.40. The minimum Gasteiger partial charge on any atom is -0.274 e. The molecule has 0 N–H and O–H groups in total. The number of benzene rings is 1. The number of aliphatic imine (C=N–C) groups is 1. The van der Waals surface area contributed by atoms with Crippen LogP contribution in [0.3, 0.4) is 0 Å². The zero-order chi connectivity index (χ0) is 14.1. The lowest BCUT2D eigenvalue weighted by molar-refractivity contribution is -0.122. The van der Waals surface area contributed by atoms with Gasteiger partial charge < -0.3 is 0 Å². The third-order valence-electron chi connectivity index (χ3n) is 3.75. The molecule has 100 valence electrons. The molecule has 3 rings (SSSR count). The summed E-state index contributed by atoms with van der Waals surface area (Å²) in [5.74, 6) is -1.03. The summed E-state index contributed by atoms with van der Waals surface area (Å²) in [6.45, 7) is 0. The van der Waals surface area contributed by atoms with Crippen LogP contribution in [0.5, 0.6) is 0 Å². The quantitative estimate of drug-likeness (QED) is 0.362. The molecule has 0 bridgehead atoms. The highest BCUT2D eigenvalue weighted by Gasteiger charge is 2.48. The van der Waals surface area contributed by atoms with E-state index in [4.69, 9.17) is 0 Å². The molecule has 1 fully saturated rings. The molecule has 0 radical (unpaired) electrons. The van der Waals surface area contributed by atoms with Gasteiger partial charge in [-0.05, 0) is 30.8 Å². The monoisotopic (exact) mass is 284 g/mol. The van der Waals surface area contributed by atoms with Gasteiger partial charge in [0.1, 0.15) is 0 Å². The fourth-order valence-corrected chi connectivity index (χ4v) is 2.93. The number of fused-ring (bicyclic) bond motifs is 1. The van der Waals surface area contributed by atoms with E-state index in [1.54, 1.807) is 18.2 Å². The molecule has 4 nitrogen and oxygen atoms in total. The van der Waals surface area contributed by atoms with Gasteiger partial charge in [0, 0.05) is 0 Å². The van der Waals surface area contributed by atoms with Crippen LogP contribution in [0.15, 0.2) is 47.5 Å². The second kappa shape index (κ2) is 5.12. The Kier molecular flexibility index (Phi) is 3.30. The zero-order valence-corrected chi connectivity index (χ0v) is 11.4. The van der Waals surface area contributed by atoms with E-state index < -0.39 is 0 Å². The summed E-state index contributed by atoms with van der Waals surface area (Å²) in [6, 6.07) is 8.86. The summed E-state index contributed by atoms with van der Waals surface area (Å²) in [5, 5.41) is 2.33. The first kappa shape index (κ1) is 12.9. The standard InChI is InChI=1S/C15H12N2O2S/c18-14-12-7-6-10(16-9-20)8-13(12)15(19)17(14)11-4-2-1-3-5-11/h1-7,10,12-13H,8H2/t10-,12+,13-/m0/s1. The normalized spacial score (nSPS) is 28.2. The van der Waals surface area contributed by atoms with E-state index in [0.717, 1.165) is 0 Å². The molecule has 0 spiro atoms.